The van der Waals surface area contributed by atoms with E-state index in [4.69, 9.17) is 0 Å². The van der Waals surface area contributed by atoms with Crippen molar-refractivity contribution < 1.29 is 9.59 Å². The maximum Gasteiger partial charge on any atom is 0.255 e. The topological polar surface area (TPSA) is 58.2 Å². The second-order valence-corrected chi connectivity index (χ2v) is 7.44. The Hall–Kier alpha value is -2.62. The van der Waals surface area contributed by atoms with Crippen LogP contribution in [0.3, 0.4) is 0 Å². The number of aryl methyl sites for hydroxylation is 2. The molecule has 2 rings (SSSR count). The van der Waals surface area contributed by atoms with E-state index in [1.54, 1.807) is 12.1 Å². The zero-order valence-corrected chi connectivity index (χ0v) is 15.8. The van der Waals surface area contributed by atoms with E-state index in [1.807, 2.05) is 65.8 Å². The Labute approximate surface area is 149 Å². The molecule has 2 aromatic carbocycles. The van der Waals surface area contributed by atoms with Gasteiger partial charge in [-0.2, -0.15) is 0 Å². The summed E-state index contributed by atoms with van der Waals surface area (Å²) in [6.45, 7) is 11.6. The van der Waals surface area contributed by atoms with Crippen molar-refractivity contribution in [1.29, 1.82) is 0 Å². The zero-order valence-electron chi connectivity index (χ0n) is 15.8. The van der Waals surface area contributed by atoms with Gasteiger partial charge in [0.15, 0.2) is 0 Å². The van der Waals surface area contributed by atoms with Crippen LogP contribution in [0.1, 0.15) is 58.2 Å². The number of carbonyl (C=O) groups is 2. The molecule has 0 aliphatic carbocycles. The van der Waals surface area contributed by atoms with Gasteiger partial charge in [0.2, 0.25) is 0 Å². The van der Waals surface area contributed by atoms with Crippen LogP contribution in [-0.2, 0) is 0 Å². The van der Waals surface area contributed by atoms with E-state index in [-0.39, 0.29) is 17.4 Å². The van der Waals surface area contributed by atoms with Crippen LogP contribution in [0.15, 0.2) is 36.4 Å². The highest BCUT2D eigenvalue weighted by Gasteiger charge is 2.18. The van der Waals surface area contributed by atoms with Crippen LogP contribution in [0, 0.1) is 20.8 Å². The molecule has 0 heterocycles. The van der Waals surface area contributed by atoms with Crippen LogP contribution in [0.4, 0.5) is 5.69 Å². The molecule has 0 aliphatic rings. The number of hydrogen-bond donors (Lipinski definition) is 2. The van der Waals surface area contributed by atoms with E-state index in [1.165, 1.54) is 0 Å². The highest BCUT2D eigenvalue weighted by atomic mass is 16.2. The Morgan fingerprint density at radius 1 is 0.880 bits per heavy atom. The molecular formula is C21H26N2O2. The first kappa shape index (κ1) is 18.7. The van der Waals surface area contributed by atoms with E-state index in [2.05, 4.69) is 10.6 Å². The van der Waals surface area contributed by atoms with Crippen molar-refractivity contribution in [2.45, 2.75) is 47.1 Å². The number of anilines is 1. The summed E-state index contributed by atoms with van der Waals surface area (Å²) in [5.74, 6) is -0.327. The second kappa shape index (κ2) is 7.09. The molecular weight excluding hydrogens is 312 g/mol. The molecule has 0 unspecified atom stereocenters. The summed E-state index contributed by atoms with van der Waals surface area (Å²) in [6, 6.07) is 11.0. The molecule has 2 N–H and O–H groups in total. The van der Waals surface area contributed by atoms with E-state index in [0.717, 1.165) is 16.7 Å². The highest BCUT2D eigenvalue weighted by Crippen LogP contribution is 2.21. The lowest BCUT2D eigenvalue weighted by atomic mass is 10.0. The normalized spacial score (nSPS) is 11.1. The van der Waals surface area contributed by atoms with Crippen molar-refractivity contribution in [3.8, 4) is 0 Å². The van der Waals surface area contributed by atoms with Crippen molar-refractivity contribution in [2.24, 2.45) is 0 Å². The summed E-state index contributed by atoms with van der Waals surface area (Å²) in [7, 11) is 0. The first-order valence-corrected chi connectivity index (χ1v) is 8.39. The number of nitrogens with one attached hydrogen (secondary N) is 2. The van der Waals surface area contributed by atoms with Crippen molar-refractivity contribution >= 4 is 17.5 Å². The van der Waals surface area contributed by atoms with Crippen LogP contribution in [0.5, 0.6) is 0 Å². The Balaban J connectivity index is 2.25. The predicted octanol–water partition coefficient (Wildman–Crippen LogP) is 4.39. The Bertz CT molecular complexity index is 817. The fourth-order valence-electron chi connectivity index (χ4n) is 2.50. The Kier molecular flexibility index (Phi) is 5.31. The van der Waals surface area contributed by atoms with E-state index in [9.17, 15) is 9.59 Å². The highest BCUT2D eigenvalue weighted by molar-refractivity contribution is 6.06. The molecule has 0 fully saturated rings. The smallest absolute Gasteiger partial charge is 0.255 e. The minimum absolute atomic E-state index is 0.146. The molecule has 4 heteroatoms. The molecule has 0 aliphatic heterocycles. The maximum atomic E-state index is 12.5. The summed E-state index contributed by atoms with van der Waals surface area (Å²) in [5.41, 5.74) is 4.46. The summed E-state index contributed by atoms with van der Waals surface area (Å²) < 4.78 is 0. The van der Waals surface area contributed by atoms with Crippen molar-refractivity contribution in [3.05, 3.63) is 64.2 Å². The average molecular weight is 338 g/mol. The quantitative estimate of drug-likeness (QED) is 0.872. The van der Waals surface area contributed by atoms with Crippen LogP contribution in [0.25, 0.3) is 0 Å². The molecule has 0 atom stereocenters. The maximum absolute atomic E-state index is 12.5. The van der Waals surface area contributed by atoms with Gasteiger partial charge in [0.05, 0.1) is 0 Å². The SMILES string of the molecule is Cc1ccc(C(=O)Nc2cccc(C(=O)NC(C)(C)C)c2C)cc1C. The van der Waals surface area contributed by atoms with Gasteiger partial charge < -0.3 is 10.6 Å². The monoisotopic (exact) mass is 338 g/mol. The number of rotatable bonds is 3. The fourth-order valence-corrected chi connectivity index (χ4v) is 2.50. The number of carbonyl (C=O) groups excluding carboxylic acids is 2. The Morgan fingerprint density at radius 2 is 1.56 bits per heavy atom. The van der Waals surface area contributed by atoms with Crippen molar-refractivity contribution in [1.82, 2.24) is 5.32 Å². The minimum atomic E-state index is -0.317. The van der Waals surface area contributed by atoms with Gasteiger partial charge in [0, 0.05) is 22.4 Å². The molecule has 132 valence electrons. The summed E-state index contributed by atoms with van der Waals surface area (Å²) >= 11 is 0. The van der Waals surface area contributed by atoms with Gasteiger partial charge in [-0.05, 0) is 82.5 Å². The van der Waals surface area contributed by atoms with Gasteiger partial charge in [-0.25, -0.2) is 0 Å². The lowest BCUT2D eigenvalue weighted by molar-refractivity contribution is 0.0918. The first-order valence-electron chi connectivity index (χ1n) is 8.39. The summed E-state index contributed by atoms with van der Waals surface area (Å²) in [6.07, 6.45) is 0. The molecule has 0 saturated carbocycles. The van der Waals surface area contributed by atoms with E-state index >= 15 is 0 Å². The molecule has 0 aromatic heterocycles. The molecule has 0 saturated heterocycles. The third-order valence-electron chi connectivity index (χ3n) is 4.08. The van der Waals surface area contributed by atoms with E-state index < -0.39 is 0 Å². The van der Waals surface area contributed by atoms with Gasteiger partial charge in [-0.3, -0.25) is 9.59 Å². The van der Waals surface area contributed by atoms with Gasteiger partial charge in [-0.15, -0.1) is 0 Å². The first-order chi connectivity index (χ1) is 11.6. The van der Waals surface area contributed by atoms with Crippen LogP contribution >= 0.6 is 0 Å². The zero-order chi connectivity index (χ0) is 18.8. The van der Waals surface area contributed by atoms with E-state index in [0.29, 0.717) is 16.8 Å². The summed E-state index contributed by atoms with van der Waals surface area (Å²) in [4.78, 5) is 25.0. The lowest BCUT2D eigenvalue weighted by Crippen LogP contribution is -2.40. The fraction of sp³-hybridized carbons (Fsp3) is 0.333. The largest absolute Gasteiger partial charge is 0.347 e. The predicted molar refractivity (Wildman–Crippen MR) is 102 cm³/mol. The van der Waals surface area contributed by atoms with Crippen LogP contribution in [0.2, 0.25) is 0 Å². The lowest BCUT2D eigenvalue weighted by Gasteiger charge is -2.21. The Morgan fingerprint density at radius 3 is 2.16 bits per heavy atom. The van der Waals surface area contributed by atoms with Crippen molar-refractivity contribution in [3.63, 3.8) is 0 Å². The molecule has 0 spiro atoms. The minimum Gasteiger partial charge on any atom is -0.347 e. The molecule has 2 aromatic rings. The van der Waals surface area contributed by atoms with Gasteiger partial charge in [0.1, 0.15) is 0 Å². The molecule has 0 bridgehead atoms. The average Bonchev–Trinajstić information content (AvgIpc) is 2.50. The molecule has 2 amide bonds. The van der Waals surface area contributed by atoms with Crippen molar-refractivity contribution in [2.75, 3.05) is 5.32 Å². The number of hydrogen-bond acceptors (Lipinski definition) is 2. The van der Waals surface area contributed by atoms with Gasteiger partial charge in [0.25, 0.3) is 11.8 Å². The van der Waals surface area contributed by atoms with Gasteiger partial charge >= 0.3 is 0 Å². The molecule has 0 radical (unpaired) electrons. The third kappa shape index (κ3) is 4.69. The van der Waals surface area contributed by atoms with Crippen LogP contribution < -0.4 is 10.6 Å². The van der Waals surface area contributed by atoms with Crippen LogP contribution in [-0.4, -0.2) is 17.4 Å². The standard InChI is InChI=1S/C21H26N2O2/c1-13-10-11-16(12-14(13)2)19(24)22-18-9-7-8-17(15(18)3)20(25)23-21(4,5)6/h7-12H,1-6H3,(H,22,24)(H,23,25). The molecule has 25 heavy (non-hydrogen) atoms. The number of benzene rings is 2. The molecule has 4 nitrogen and oxygen atoms in total. The summed E-state index contributed by atoms with van der Waals surface area (Å²) in [5, 5.41) is 5.86. The third-order valence-corrected chi connectivity index (χ3v) is 4.08. The van der Waals surface area contributed by atoms with Gasteiger partial charge in [-0.1, -0.05) is 12.1 Å². The number of amides is 2. The second-order valence-electron chi connectivity index (χ2n) is 7.44.